The number of hydrogen-bond acceptors (Lipinski definition) is 5. The van der Waals surface area contributed by atoms with Crippen LogP contribution in [0.25, 0.3) is 16.7 Å². The van der Waals surface area contributed by atoms with Gasteiger partial charge in [-0.3, -0.25) is 14.2 Å². The predicted octanol–water partition coefficient (Wildman–Crippen LogP) is 4.31. The molecule has 0 saturated heterocycles. The maximum Gasteiger partial charge on any atom is 0.283 e. The summed E-state index contributed by atoms with van der Waals surface area (Å²) in [6.45, 7) is 5.80. The molecule has 7 nitrogen and oxygen atoms in total. The number of nitrogens with zero attached hydrogens (tertiary/aromatic N) is 2. The average molecular weight is 463 g/mol. The highest BCUT2D eigenvalue weighted by atomic mass is 32.2. The average Bonchev–Trinajstić information content (AvgIpc) is 3.19. The molecule has 0 spiro atoms. The zero-order chi connectivity index (χ0) is 23.5. The number of carbonyl (C=O) groups is 1. The maximum atomic E-state index is 13.3. The van der Waals surface area contributed by atoms with Crippen LogP contribution in [0.2, 0.25) is 0 Å². The van der Waals surface area contributed by atoms with E-state index in [4.69, 9.17) is 4.74 Å². The van der Waals surface area contributed by atoms with Crippen LogP contribution in [0.3, 0.4) is 0 Å². The lowest BCUT2D eigenvalue weighted by atomic mass is 10.1. The quantitative estimate of drug-likeness (QED) is 0.316. The van der Waals surface area contributed by atoms with E-state index < -0.39 is 0 Å². The van der Waals surface area contributed by atoms with Crippen molar-refractivity contribution < 1.29 is 9.53 Å². The van der Waals surface area contributed by atoms with E-state index in [2.05, 4.69) is 15.3 Å². The van der Waals surface area contributed by atoms with Crippen LogP contribution in [0, 0.1) is 13.8 Å². The molecule has 8 heteroatoms. The molecule has 0 aliphatic heterocycles. The summed E-state index contributed by atoms with van der Waals surface area (Å²) in [4.78, 5) is 33.8. The topological polar surface area (TPSA) is 89.0 Å². The highest BCUT2D eigenvalue weighted by Gasteiger charge is 2.17. The highest BCUT2D eigenvalue weighted by Crippen LogP contribution is 2.23. The second kappa shape index (κ2) is 9.54. The van der Waals surface area contributed by atoms with Gasteiger partial charge in [0.1, 0.15) is 11.3 Å². The Kier molecular flexibility index (Phi) is 6.55. The van der Waals surface area contributed by atoms with Gasteiger partial charge in [-0.25, -0.2) is 4.98 Å². The van der Waals surface area contributed by atoms with E-state index in [0.717, 1.165) is 22.6 Å². The third-order valence-electron chi connectivity index (χ3n) is 5.35. The van der Waals surface area contributed by atoms with Crippen molar-refractivity contribution in [1.29, 1.82) is 0 Å². The Morgan fingerprint density at radius 2 is 1.94 bits per heavy atom. The van der Waals surface area contributed by atoms with Crippen molar-refractivity contribution in [2.75, 3.05) is 12.9 Å². The minimum atomic E-state index is -0.190. The van der Waals surface area contributed by atoms with Crippen LogP contribution in [-0.4, -0.2) is 33.3 Å². The van der Waals surface area contributed by atoms with Crippen molar-refractivity contribution in [2.24, 2.45) is 0 Å². The molecular weight excluding hydrogens is 436 g/mol. The van der Waals surface area contributed by atoms with Crippen LogP contribution in [-0.2, 0) is 4.79 Å². The first kappa shape index (κ1) is 22.7. The Balaban J connectivity index is 1.58. The van der Waals surface area contributed by atoms with Gasteiger partial charge < -0.3 is 15.0 Å². The summed E-state index contributed by atoms with van der Waals surface area (Å²) in [6, 6.07) is 16.9. The van der Waals surface area contributed by atoms with Gasteiger partial charge in [0.15, 0.2) is 5.16 Å². The lowest BCUT2D eigenvalue weighted by molar-refractivity contribution is -0.119. The summed E-state index contributed by atoms with van der Waals surface area (Å²) in [5.41, 5.74) is 4.46. The number of aromatic amines is 1. The number of hydrogen-bond donors (Lipinski definition) is 2. The van der Waals surface area contributed by atoms with E-state index in [0.29, 0.717) is 21.9 Å². The predicted molar refractivity (Wildman–Crippen MR) is 131 cm³/mol. The Bertz CT molecular complexity index is 1360. The van der Waals surface area contributed by atoms with E-state index in [1.165, 1.54) is 11.8 Å². The van der Waals surface area contributed by atoms with Gasteiger partial charge >= 0.3 is 0 Å². The molecule has 33 heavy (non-hydrogen) atoms. The lowest BCUT2D eigenvalue weighted by Gasteiger charge is -2.16. The number of thioether (sulfide) groups is 1. The van der Waals surface area contributed by atoms with Crippen LogP contribution >= 0.6 is 11.8 Å². The number of amides is 1. The lowest BCUT2D eigenvalue weighted by Crippen LogP contribution is -2.29. The van der Waals surface area contributed by atoms with Gasteiger partial charge in [-0.05, 0) is 56.7 Å². The monoisotopic (exact) mass is 462 g/mol. The Morgan fingerprint density at radius 1 is 1.18 bits per heavy atom. The molecule has 4 aromatic rings. The summed E-state index contributed by atoms with van der Waals surface area (Å²) < 4.78 is 6.82. The summed E-state index contributed by atoms with van der Waals surface area (Å²) in [5.74, 6) is 0.719. The van der Waals surface area contributed by atoms with Gasteiger partial charge in [-0.2, -0.15) is 0 Å². The maximum absolute atomic E-state index is 13.3. The van der Waals surface area contributed by atoms with Gasteiger partial charge in [-0.15, -0.1) is 0 Å². The number of methoxy groups -OCH3 is 1. The molecule has 2 aromatic carbocycles. The molecule has 2 N–H and O–H groups in total. The first-order chi connectivity index (χ1) is 15.9. The minimum absolute atomic E-state index is 0.127. The molecule has 1 amide bonds. The molecule has 0 bridgehead atoms. The molecule has 0 fully saturated rings. The van der Waals surface area contributed by atoms with Crippen LogP contribution in [0.15, 0.2) is 64.5 Å². The third-order valence-corrected chi connectivity index (χ3v) is 6.29. The van der Waals surface area contributed by atoms with Crippen LogP contribution in [0.4, 0.5) is 0 Å². The van der Waals surface area contributed by atoms with E-state index in [-0.39, 0.29) is 23.3 Å². The Morgan fingerprint density at radius 3 is 2.67 bits per heavy atom. The molecule has 0 aliphatic rings. The largest absolute Gasteiger partial charge is 0.497 e. The van der Waals surface area contributed by atoms with Crippen LogP contribution in [0.1, 0.15) is 29.8 Å². The second-order valence-corrected chi connectivity index (χ2v) is 8.88. The first-order valence-electron chi connectivity index (χ1n) is 10.6. The standard InChI is InChI=1S/C25H26N4O3S/c1-15-8-10-19(11-9-15)29-24(31)23-21(12-16(2)26-23)28-25(29)33-14-22(30)27-17(3)18-6-5-7-20(13-18)32-4/h5-13,17,26H,14H2,1-4H3,(H,27,30). The summed E-state index contributed by atoms with van der Waals surface area (Å²) >= 11 is 1.24. The summed E-state index contributed by atoms with van der Waals surface area (Å²) in [6.07, 6.45) is 0. The van der Waals surface area contributed by atoms with E-state index in [1.54, 1.807) is 11.7 Å². The molecule has 4 rings (SSSR count). The van der Waals surface area contributed by atoms with Crippen molar-refractivity contribution >= 4 is 28.7 Å². The van der Waals surface area contributed by atoms with Crippen molar-refractivity contribution in [3.63, 3.8) is 0 Å². The molecular formula is C25H26N4O3S. The molecule has 0 aliphatic carbocycles. The molecule has 170 valence electrons. The fraction of sp³-hybridized carbons (Fsp3) is 0.240. The van der Waals surface area contributed by atoms with Crippen LogP contribution in [0.5, 0.6) is 5.75 Å². The normalized spacial score (nSPS) is 12.0. The highest BCUT2D eigenvalue weighted by molar-refractivity contribution is 7.99. The van der Waals surface area contributed by atoms with Gasteiger partial charge in [-0.1, -0.05) is 41.6 Å². The summed E-state index contributed by atoms with van der Waals surface area (Å²) in [7, 11) is 1.61. The second-order valence-electron chi connectivity index (χ2n) is 7.94. The van der Waals surface area contributed by atoms with Crippen LogP contribution < -0.4 is 15.6 Å². The molecule has 2 aromatic heterocycles. The van der Waals surface area contributed by atoms with Gasteiger partial charge in [0, 0.05) is 5.69 Å². The number of ether oxygens (including phenoxy) is 1. The Hall–Kier alpha value is -3.52. The fourth-order valence-corrected chi connectivity index (χ4v) is 4.43. The minimum Gasteiger partial charge on any atom is -0.497 e. The van der Waals surface area contributed by atoms with E-state index >= 15 is 0 Å². The molecule has 0 radical (unpaired) electrons. The van der Waals surface area contributed by atoms with Gasteiger partial charge in [0.05, 0.1) is 30.1 Å². The van der Waals surface area contributed by atoms with Crippen molar-refractivity contribution in [3.8, 4) is 11.4 Å². The smallest absolute Gasteiger partial charge is 0.283 e. The fourth-order valence-electron chi connectivity index (χ4n) is 3.60. The third kappa shape index (κ3) is 4.96. The number of H-pyrrole nitrogens is 1. The van der Waals surface area contributed by atoms with Crippen molar-refractivity contribution in [2.45, 2.75) is 32.0 Å². The number of benzene rings is 2. The molecule has 1 atom stereocenters. The molecule has 2 heterocycles. The number of aromatic nitrogens is 3. The number of carbonyl (C=O) groups excluding carboxylic acids is 1. The van der Waals surface area contributed by atoms with Gasteiger partial charge in [0.2, 0.25) is 5.91 Å². The number of aryl methyl sites for hydroxylation is 2. The summed E-state index contributed by atoms with van der Waals surface area (Å²) in [5, 5.41) is 3.48. The van der Waals surface area contributed by atoms with E-state index in [1.807, 2.05) is 75.4 Å². The SMILES string of the molecule is COc1cccc(C(C)NC(=O)CSc2nc3cc(C)[nH]c3c(=O)n2-c2ccc(C)cc2)c1. The van der Waals surface area contributed by atoms with E-state index in [9.17, 15) is 9.59 Å². The number of nitrogens with one attached hydrogen (secondary N) is 2. The first-order valence-corrected chi connectivity index (χ1v) is 11.6. The van der Waals surface area contributed by atoms with Crippen molar-refractivity contribution in [3.05, 3.63) is 81.8 Å². The zero-order valence-electron chi connectivity index (χ0n) is 19.0. The number of rotatable bonds is 7. The van der Waals surface area contributed by atoms with Crippen molar-refractivity contribution in [1.82, 2.24) is 19.9 Å². The molecule has 0 saturated carbocycles. The number of fused-ring (bicyclic) bond motifs is 1. The Labute approximate surface area is 196 Å². The van der Waals surface area contributed by atoms with Gasteiger partial charge in [0.25, 0.3) is 5.56 Å². The molecule has 1 unspecified atom stereocenters. The zero-order valence-corrected chi connectivity index (χ0v) is 19.8.